The van der Waals surface area contributed by atoms with Crippen molar-refractivity contribution in [2.24, 2.45) is 0 Å². The van der Waals surface area contributed by atoms with E-state index in [0.717, 1.165) is 0 Å². The van der Waals surface area contributed by atoms with Crippen molar-refractivity contribution in [2.45, 2.75) is 18.6 Å². The Kier molecular flexibility index (Phi) is 2.59. The van der Waals surface area contributed by atoms with Crippen LogP contribution < -0.4 is 4.90 Å². The number of ether oxygens (including phenoxy) is 2. The van der Waals surface area contributed by atoms with Crippen LogP contribution in [0, 0.1) is 0 Å². The van der Waals surface area contributed by atoms with Gasteiger partial charge in [-0.1, -0.05) is 23.7 Å². The van der Waals surface area contributed by atoms with Crippen LogP contribution in [-0.4, -0.2) is 31.6 Å². The lowest BCUT2D eigenvalue weighted by molar-refractivity contribution is -0.144. The van der Waals surface area contributed by atoms with Gasteiger partial charge in [-0.05, 0) is 13.0 Å². The van der Waals surface area contributed by atoms with Crippen LogP contribution in [0.3, 0.4) is 0 Å². The van der Waals surface area contributed by atoms with Crippen molar-refractivity contribution in [3.63, 3.8) is 0 Å². The fourth-order valence-corrected chi connectivity index (χ4v) is 2.87. The average molecular weight is 282 g/mol. The number of amides is 1. The average Bonchev–Trinajstić information content (AvgIpc) is 3.09. The Morgan fingerprint density at radius 2 is 2.32 bits per heavy atom. The third kappa shape index (κ3) is 1.45. The molecule has 19 heavy (non-hydrogen) atoms. The molecule has 1 aromatic carbocycles. The van der Waals surface area contributed by atoms with Crippen LogP contribution >= 0.6 is 11.6 Å². The van der Waals surface area contributed by atoms with Crippen molar-refractivity contribution in [1.82, 2.24) is 0 Å². The SMILES string of the molecule is CCOC(=O)[C@@H]1O[C@@]12C(=O)N(C)c1c(Cl)cccc12. The van der Waals surface area contributed by atoms with Crippen LogP contribution in [0.15, 0.2) is 18.2 Å². The summed E-state index contributed by atoms with van der Waals surface area (Å²) in [5, 5.41) is 0.461. The van der Waals surface area contributed by atoms with E-state index in [2.05, 4.69) is 0 Å². The monoisotopic (exact) mass is 281 g/mol. The van der Waals surface area contributed by atoms with Crippen molar-refractivity contribution >= 4 is 29.2 Å². The largest absolute Gasteiger partial charge is 0.464 e. The molecule has 1 fully saturated rings. The molecule has 0 unspecified atom stereocenters. The Hall–Kier alpha value is -1.59. The molecule has 2 aliphatic rings. The van der Waals surface area contributed by atoms with Crippen LogP contribution in [-0.2, 0) is 24.7 Å². The summed E-state index contributed by atoms with van der Waals surface area (Å²) in [5.74, 6) is -0.800. The highest BCUT2D eigenvalue weighted by atomic mass is 35.5. The summed E-state index contributed by atoms with van der Waals surface area (Å²) in [5.41, 5.74) is -0.00663. The van der Waals surface area contributed by atoms with Crippen molar-refractivity contribution in [1.29, 1.82) is 0 Å². The van der Waals surface area contributed by atoms with Gasteiger partial charge in [0.15, 0.2) is 6.10 Å². The second kappa shape index (κ2) is 3.95. The van der Waals surface area contributed by atoms with E-state index in [-0.39, 0.29) is 12.5 Å². The number of nitrogens with zero attached hydrogens (tertiary/aromatic N) is 1. The topological polar surface area (TPSA) is 59.1 Å². The molecule has 5 nitrogen and oxygen atoms in total. The molecule has 2 atom stereocenters. The number of fused-ring (bicyclic) bond motifs is 2. The zero-order valence-electron chi connectivity index (χ0n) is 10.5. The van der Waals surface area contributed by atoms with Gasteiger partial charge in [0, 0.05) is 12.6 Å². The molecule has 6 heteroatoms. The molecule has 0 saturated carbocycles. The van der Waals surface area contributed by atoms with Gasteiger partial charge in [-0.2, -0.15) is 0 Å². The normalized spacial score (nSPS) is 27.6. The number of epoxide rings is 1. The van der Waals surface area contributed by atoms with E-state index in [9.17, 15) is 9.59 Å². The maximum absolute atomic E-state index is 12.4. The van der Waals surface area contributed by atoms with E-state index in [1.807, 2.05) is 0 Å². The molecule has 1 aromatic rings. The molecule has 0 aliphatic carbocycles. The Bertz CT molecular complexity index is 588. The standard InChI is InChI=1S/C13H12ClNO4/c1-3-18-11(16)10-13(19-10)7-5-4-6-8(14)9(7)15(2)12(13)17/h4-6,10H,3H2,1-2H3/t10-,13+/m0/s1. The fraction of sp³-hybridized carbons (Fsp3) is 0.385. The molecule has 1 spiro atoms. The Labute approximate surface area is 115 Å². The van der Waals surface area contributed by atoms with Crippen molar-refractivity contribution in [3.05, 3.63) is 28.8 Å². The molecule has 0 N–H and O–H groups in total. The summed E-state index contributed by atoms with van der Waals surface area (Å²) in [6.07, 6.45) is -0.873. The maximum Gasteiger partial charge on any atom is 0.339 e. The maximum atomic E-state index is 12.4. The van der Waals surface area contributed by atoms with E-state index in [1.54, 1.807) is 32.2 Å². The minimum atomic E-state index is -1.23. The summed E-state index contributed by atoms with van der Waals surface area (Å²) in [6, 6.07) is 5.19. The molecule has 1 saturated heterocycles. The first-order valence-electron chi connectivity index (χ1n) is 5.95. The van der Waals surface area contributed by atoms with Gasteiger partial charge in [0.25, 0.3) is 5.91 Å². The molecular weight excluding hydrogens is 270 g/mol. The minimum absolute atomic E-state index is 0.251. The van der Waals surface area contributed by atoms with Gasteiger partial charge < -0.3 is 14.4 Å². The third-order valence-corrected chi connectivity index (χ3v) is 3.77. The Morgan fingerprint density at radius 1 is 1.58 bits per heavy atom. The van der Waals surface area contributed by atoms with Crippen LogP contribution in [0.4, 0.5) is 5.69 Å². The smallest absolute Gasteiger partial charge is 0.339 e. The molecule has 2 heterocycles. The number of carbonyl (C=O) groups excluding carboxylic acids is 2. The van der Waals surface area contributed by atoms with Crippen LogP contribution in [0.1, 0.15) is 12.5 Å². The van der Waals surface area contributed by atoms with Crippen molar-refractivity contribution < 1.29 is 19.1 Å². The second-order valence-corrected chi connectivity index (χ2v) is 4.89. The number of hydrogen-bond acceptors (Lipinski definition) is 4. The minimum Gasteiger partial charge on any atom is -0.464 e. The summed E-state index contributed by atoms with van der Waals surface area (Å²) < 4.78 is 10.3. The molecule has 0 aromatic heterocycles. The highest BCUT2D eigenvalue weighted by Crippen LogP contribution is 2.57. The quantitative estimate of drug-likeness (QED) is 0.608. The number of para-hydroxylation sites is 1. The first kappa shape index (κ1) is 12.4. The Balaban J connectivity index is 2.05. The lowest BCUT2D eigenvalue weighted by Gasteiger charge is -2.10. The van der Waals surface area contributed by atoms with Crippen LogP contribution in [0.25, 0.3) is 0 Å². The van der Waals surface area contributed by atoms with E-state index in [0.29, 0.717) is 16.3 Å². The number of esters is 1. The van der Waals surface area contributed by atoms with Crippen molar-refractivity contribution in [2.75, 3.05) is 18.6 Å². The predicted molar refractivity (Wildman–Crippen MR) is 68.0 cm³/mol. The molecule has 2 aliphatic heterocycles. The van der Waals surface area contributed by atoms with Gasteiger partial charge in [-0.15, -0.1) is 0 Å². The lowest BCUT2D eigenvalue weighted by atomic mass is 9.97. The van der Waals surface area contributed by atoms with Gasteiger partial charge in [-0.25, -0.2) is 4.79 Å². The molecule has 0 radical (unpaired) electrons. The number of benzene rings is 1. The van der Waals surface area contributed by atoms with E-state index < -0.39 is 17.7 Å². The van der Waals surface area contributed by atoms with Crippen LogP contribution in [0.5, 0.6) is 0 Å². The highest BCUT2D eigenvalue weighted by Gasteiger charge is 2.73. The zero-order chi connectivity index (χ0) is 13.8. The molecular formula is C13H12ClNO4. The van der Waals surface area contributed by atoms with E-state index >= 15 is 0 Å². The number of anilines is 1. The fourth-order valence-electron chi connectivity index (χ4n) is 2.57. The molecule has 1 amide bonds. The number of carbonyl (C=O) groups is 2. The summed E-state index contributed by atoms with van der Waals surface area (Å²) in [6.45, 7) is 1.96. The number of hydrogen-bond donors (Lipinski definition) is 0. The van der Waals surface area contributed by atoms with E-state index in [1.165, 1.54) is 4.90 Å². The molecule has 0 bridgehead atoms. The highest BCUT2D eigenvalue weighted by molar-refractivity contribution is 6.35. The lowest BCUT2D eigenvalue weighted by Crippen LogP contribution is -2.33. The first-order chi connectivity index (χ1) is 9.04. The summed E-state index contributed by atoms with van der Waals surface area (Å²) >= 11 is 6.11. The molecule has 3 rings (SSSR count). The molecule has 100 valence electrons. The van der Waals surface area contributed by atoms with Gasteiger partial charge in [0.05, 0.1) is 17.3 Å². The van der Waals surface area contributed by atoms with Gasteiger partial charge in [-0.3, -0.25) is 4.79 Å². The van der Waals surface area contributed by atoms with E-state index in [4.69, 9.17) is 21.1 Å². The number of rotatable bonds is 2. The second-order valence-electron chi connectivity index (χ2n) is 4.49. The van der Waals surface area contributed by atoms with Gasteiger partial charge in [0.2, 0.25) is 5.60 Å². The Morgan fingerprint density at radius 3 is 3.00 bits per heavy atom. The third-order valence-electron chi connectivity index (χ3n) is 3.46. The van der Waals surface area contributed by atoms with Gasteiger partial charge >= 0.3 is 5.97 Å². The number of halogens is 1. The first-order valence-corrected chi connectivity index (χ1v) is 6.33. The van der Waals surface area contributed by atoms with Crippen molar-refractivity contribution in [3.8, 4) is 0 Å². The zero-order valence-corrected chi connectivity index (χ0v) is 11.2. The van der Waals surface area contributed by atoms with Crippen LogP contribution in [0.2, 0.25) is 5.02 Å². The number of likely N-dealkylation sites (N-methyl/N-ethyl adjacent to an activating group) is 1. The predicted octanol–water partition coefficient (Wildman–Crippen LogP) is 1.47. The summed E-state index contributed by atoms with van der Waals surface area (Å²) in [7, 11) is 1.62. The van der Waals surface area contributed by atoms with Gasteiger partial charge in [0.1, 0.15) is 0 Å². The summed E-state index contributed by atoms with van der Waals surface area (Å²) in [4.78, 5) is 25.5.